The zero-order valence-corrected chi connectivity index (χ0v) is 16.0. The largest absolute Gasteiger partial charge is 0.310 e. The van der Waals surface area contributed by atoms with Gasteiger partial charge in [-0.3, -0.25) is 0 Å². The van der Waals surface area contributed by atoms with Crippen LogP contribution in [0.3, 0.4) is 0 Å². The third-order valence-electron chi connectivity index (χ3n) is 5.66. The van der Waals surface area contributed by atoms with E-state index in [1.165, 1.54) is 22.5 Å². The maximum Gasteiger partial charge on any atom is 0.115 e. The summed E-state index contributed by atoms with van der Waals surface area (Å²) in [4.78, 5) is 10.6. The van der Waals surface area contributed by atoms with Gasteiger partial charge in [-0.15, -0.1) is 0 Å². The van der Waals surface area contributed by atoms with E-state index in [9.17, 15) is 0 Å². The van der Waals surface area contributed by atoms with E-state index < -0.39 is 0 Å². The molecule has 2 heterocycles. The molecule has 4 aromatic rings. The van der Waals surface area contributed by atoms with Crippen molar-refractivity contribution in [2.75, 3.05) is 4.90 Å². The van der Waals surface area contributed by atoms with Crippen LogP contribution in [-0.4, -0.2) is 9.97 Å². The molecule has 136 valence electrons. The molecule has 1 aliphatic rings. The molecule has 0 unspecified atom stereocenters. The zero-order chi connectivity index (χ0) is 19.1. The van der Waals surface area contributed by atoms with Crippen LogP contribution in [0.25, 0.3) is 11.1 Å². The summed E-state index contributed by atoms with van der Waals surface area (Å²) in [6.07, 6.45) is 5.24. The molecule has 3 heteroatoms. The predicted octanol–water partition coefficient (Wildman–Crippen LogP) is 6.25. The van der Waals surface area contributed by atoms with Crippen LogP contribution in [0.2, 0.25) is 0 Å². The maximum absolute atomic E-state index is 4.13. The summed E-state index contributed by atoms with van der Waals surface area (Å²) in [7, 11) is 0. The Labute approximate surface area is 165 Å². The highest BCUT2D eigenvalue weighted by Gasteiger charge is 2.36. The molecule has 0 spiro atoms. The third-order valence-corrected chi connectivity index (χ3v) is 5.66. The number of nitrogens with zero attached hydrogens (tertiary/aromatic N) is 3. The second-order valence-corrected chi connectivity index (χ2v) is 7.67. The monoisotopic (exact) mass is 363 g/mol. The molecule has 0 fully saturated rings. The first-order valence-electron chi connectivity index (χ1n) is 9.51. The molecule has 3 nitrogen and oxygen atoms in total. The molecular weight excluding hydrogens is 342 g/mol. The van der Waals surface area contributed by atoms with E-state index in [1.807, 2.05) is 12.4 Å². The highest BCUT2D eigenvalue weighted by molar-refractivity contribution is 5.86. The van der Waals surface area contributed by atoms with Gasteiger partial charge in [0.25, 0.3) is 0 Å². The summed E-state index contributed by atoms with van der Waals surface area (Å²) in [6, 6.07) is 26.0. The summed E-state index contributed by atoms with van der Waals surface area (Å²) in [5.74, 6) is 0. The number of aromatic nitrogens is 2. The van der Waals surface area contributed by atoms with E-state index >= 15 is 0 Å². The molecule has 0 bridgehead atoms. The molecule has 28 heavy (non-hydrogen) atoms. The minimum absolute atomic E-state index is 0.0367. The fourth-order valence-electron chi connectivity index (χ4n) is 4.20. The van der Waals surface area contributed by atoms with Gasteiger partial charge in [-0.25, -0.2) is 9.97 Å². The normalized spacial score (nSPS) is 14.3. The van der Waals surface area contributed by atoms with Crippen molar-refractivity contribution in [3.8, 4) is 11.1 Å². The highest BCUT2D eigenvalue weighted by Crippen LogP contribution is 2.51. The average Bonchev–Trinajstić information content (AvgIpc) is 2.75. The van der Waals surface area contributed by atoms with Gasteiger partial charge in [-0.2, -0.15) is 0 Å². The van der Waals surface area contributed by atoms with Crippen molar-refractivity contribution in [2.45, 2.75) is 19.3 Å². The molecule has 1 aromatic heterocycles. The molecule has 0 saturated heterocycles. The van der Waals surface area contributed by atoms with Crippen LogP contribution in [0.4, 0.5) is 17.1 Å². The lowest BCUT2D eigenvalue weighted by molar-refractivity contribution is 0.632. The molecule has 3 aromatic carbocycles. The minimum Gasteiger partial charge on any atom is -0.310 e. The SMILES string of the molecule is CC1(C)c2ccccc2N(c2ccc(-c3cncnc3)cc2)c2ccccc21. The number of rotatable bonds is 2. The van der Waals surface area contributed by atoms with Crippen molar-refractivity contribution < 1.29 is 0 Å². The fraction of sp³-hybridized carbons (Fsp3) is 0.120. The first-order chi connectivity index (χ1) is 13.7. The molecule has 0 radical (unpaired) electrons. The van der Waals surface area contributed by atoms with Crippen LogP contribution in [0.1, 0.15) is 25.0 Å². The van der Waals surface area contributed by atoms with Crippen molar-refractivity contribution in [2.24, 2.45) is 0 Å². The smallest absolute Gasteiger partial charge is 0.115 e. The van der Waals surface area contributed by atoms with E-state index in [0.29, 0.717) is 0 Å². The van der Waals surface area contributed by atoms with Crippen molar-refractivity contribution >= 4 is 17.1 Å². The molecule has 0 N–H and O–H groups in total. The Balaban J connectivity index is 1.67. The van der Waals surface area contributed by atoms with Gasteiger partial charge in [0.15, 0.2) is 0 Å². The summed E-state index contributed by atoms with van der Waals surface area (Å²) in [5.41, 5.74) is 8.41. The first-order valence-corrected chi connectivity index (χ1v) is 9.51. The first kappa shape index (κ1) is 16.7. The van der Waals surface area contributed by atoms with Gasteiger partial charge in [0.2, 0.25) is 0 Å². The van der Waals surface area contributed by atoms with Crippen LogP contribution < -0.4 is 4.90 Å². The van der Waals surface area contributed by atoms with Gasteiger partial charge in [0, 0.05) is 29.1 Å². The summed E-state index contributed by atoms with van der Waals surface area (Å²) >= 11 is 0. The molecule has 0 atom stereocenters. The van der Waals surface area contributed by atoms with E-state index in [4.69, 9.17) is 0 Å². The van der Waals surface area contributed by atoms with Crippen LogP contribution in [0.5, 0.6) is 0 Å². The number of hydrogen-bond donors (Lipinski definition) is 0. The summed E-state index contributed by atoms with van der Waals surface area (Å²) in [6.45, 7) is 4.61. The van der Waals surface area contributed by atoms with Crippen molar-refractivity contribution in [1.29, 1.82) is 0 Å². The Bertz CT molecular complexity index is 1080. The zero-order valence-electron chi connectivity index (χ0n) is 16.0. The lowest BCUT2D eigenvalue weighted by atomic mass is 9.73. The lowest BCUT2D eigenvalue weighted by Gasteiger charge is -2.42. The van der Waals surface area contributed by atoms with E-state index in [-0.39, 0.29) is 5.41 Å². The second kappa shape index (κ2) is 6.31. The minimum atomic E-state index is -0.0367. The van der Waals surface area contributed by atoms with E-state index in [1.54, 1.807) is 6.33 Å². The van der Waals surface area contributed by atoms with Gasteiger partial charge in [0.05, 0.1) is 11.4 Å². The van der Waals surface area contributed by atoms with Gasteiger partial charge < -0.3 is 4.90 Å². The molecular formula is C25H21N3. The number of fused-ring (bicyclic) bond motifs is 2. The lowest BCUT2D eigenvalue weighted by Crippen LogP contribution is -2.30. The van der Waals surface area contributed by atoms with Gasteiger partial charge >= 0.3 is 0 Å². The van der Waals surface area contributed by atoms with E-state index in [0.717, 1.165) is 16.8 Å². The second-order valence-electron chi connectivity index (χ2n) is 7.67. The standard InChI is InChI=1S/C25H21N3/c1-25(2)21-7-3-5-9-23(21)28(24-10-6-4-8-22(24)25)20-13-11-18(12-14-20)19-15-26-17-27-16-19/h3-17H,1-2H3. The van der Waals surface area contributed by atoms with Crippen LogP contribution in [-0.2, 0) is 5.41 Å². The fourth-order valence-corrected chi connectivity index (χ4v) is 4.20. The Morgan fingerprint density at radius 3 is 1.75 bits per heavy atom. The predicted molar refractivity (Wildman–Crippen MR) is 114 cm³/mol. The molecule has 0 saturated carbocycles. The number of anilines is 3. The third kappa shape index (κ3) is 2.51. The van der Waals surface area contributed by atoms with Crippen molar-refractivity contribution in [1.82, 2.24) is 9.97 Å². The van der Waals surface area contributed by atoms with Gasteiger partial charge in [-0.1, -0.05) is 62.4 Å². The highest BCUT2D eigenvalue weighted by atomic mass is 15.2. The Morgan fingerprint density at radius 1 is 0.643 bits per heavy atom. The Morgan fingerprint density at radius 2 is 1.18 bits per heavy atom. The van der Waals surface area contributed by atoms with E-state index in [2.05, 4.69) is 102 Å². The molecule has 5 rings (SSSR count). The molecule has 0 amide bonds. The van der Waals surface area contributed by atoms with Crippen LogP contribution in [0, 0.1) is 0 Å². The van der Waals surface area contributed by atoms with Crippen molar-refractivity contribution in [3.05, 3.63) is 103 Å². The molecule has 1 aliphatic heterocycles. The van der Waals surface area contributed by atoms with Crippen molar-refractivity contribution in [3.63, 3.8) is 0 Å². The Kier molecular flexibility index (Phi) is 3.76. The van der Waals surface area contributed by atoms with Gasteiger partial charge in [-0.05, 0) is 41.0 Å². The van der Waals surface area contributed by atoms with Crippen LogP contribution >= 0.6 is 0 Å². The van der Waals surface area contributed by atoms with Crippen LogP contribution in [0.15, 0.2) is 91.5 Å². The quantitative estimate of drug-likeness (QED) is 0.421. The number of benzene rings is 3. The average molecular weight is 363 g/mol. The molecule has 0 aliphatic carbocycles. The van der Waals surface area contributed by atoms with Gasteiger partial charge in [0.1, 0.15) is 6.33 Å². The number of hydrogen-bond acceptors (Lipinski definition) is 3. The Hall–Kier alpha value is -3.46. The topological polar surface area (TPSA) is 29.0 Å². The maximum atomic E-state index is 4.13. The summed E-state index contributed by atoms with van der Waals surface area (Å²) < 4.78 is 0. The number of para-hydroxylation sites is 2. The summed E-state index contributed by atoms with van der Waals surface area (Å²) in [5, 5.41) is 0.